The molecule has 0 bridgehead atoms. The largest absolute Gasteiger partial charge is 0.492 e. The number of hydrogen-bond donors (Lipinski definition) is 2. The van der Waals surface area contributed by atoms with Crippen molar-refractivity contribution in [2.75, 3.05) is 17.5 Å². The number of carbonyl (C=O) groups excluding carboxylic acids is 1. The molecule has 0 spiro atoms. The molecule has 0 aromatic heterocycles. The molecule has 8 nitrogen and oxygen atoms in total. The number of para-hydroxylation sites is 1. The summed E-state index contributed by atoms with van der Waals surface area (Å²) in [6.45, 7) is -0.463. The zero-order valence-electron chi connectivity index (χ0n) is 23.0. The van der Waals surface area contributed by atoms with Crippen LogP contribution < -0.4 is 14.4 Å². The highest BCUT2D eigenvalue weighted by Gasteiger charge is 2.42. The number of rotatable bonds is 9. The van der Waals surface area contributed by atoms with Crippen LogP contribution in [0.25, 0.3) is 11.1 Å². The Morgan fingerprint density at radius 2 is 1.58 bits per heavy atom. The van der Waals surface area contributed by atoms with Gasteiger partial charge in [-0.15, -0.1) is 0 Å². The van der Waals surface area contributed by atoms with Gasteiger partial charge in [0, 0.05) is 18.6 Å². The fraction of sp³-hybridized carbons (Fsp3) is 0.161. The number of amides is 1. The van der Waals surface area contributed by atoms with Gasteiger partial charge in [-0.25, -0.2) is 22.0 Å². The molecule has 5 rings (SSSR count). The Morgan fingerprint density at radius 1 is 0.911 bits per heavy atom. The van der Waals surface area contributed by atoms with Crippen molar-refractivity contribution in [3.63, 3.8) is 0 Å². The van der Waals surface area contributed by atoms with E-state index in [1.54, 1.807) is 24.3 Å². The van der Waals surface area contributed by atoms with Gasteiger partial charge in [0.15, 0.2) is 0 Å². The lowest BCUT2D eigenvalue weighted by molar-refractivity contribution is -0.137. The summed E-state index contributed by atoms with van der Waals surface area (Å²) in [5.74, 6) is -5.46. The topological polar surface area (TPSA) is 113 Å². The molecule has 0 saturated heterocycles. The van der Waals surface area contributed by atoms with Crippen LogP contribution in [0.1, 0.15) is 21.5 Å². The van der Waals surface area contributed by atoms with Crippen LogP contribution in [-0.2, 0) is 27.4 Å². The molecule has 234 valence electrons. The Hall–Kier alpha value is -4.98. The monoisotopic (exact) mass is 646 g/mol. The van der Waals surface area contributed by atoms with E-state index in [4.69, 9.17) is 9.84 Å². The fourth-order valence-electron chi connectivity index (χ4n) is 4.96. The van der Waals surface area contributed by atoms with E-state index in [1.807, 2.05) is 0 Å². The van der Waals surface area contributed by atoms with Gasteiger partial charge in [-0.3, -0.25) is 9.10 Å². The first-order chi connectivity index (χ1) is 21.3. The number of benzene rings is 4. The van der Waals surface area contributed by atoms with Crippen molar-refractivity contribution in [3.8, 4) is 16.9 Å². The van der Waals surface area contributed by atoms with Gasteiger partial charge in [0.1, 0.15) is 35.6 Å². The molecule has 0 saturated carbocycles. The van der Waals surface area contributed by atoms with Crippen molar-refractivity contribution >= 4 is 27.6 Å². The summed E-state index contributed by atoms with van der Waals surface area (Å²) in [5, 5.41) is 11.4. The smallest absolute Gasteiger partial charge is 0.416 e. The van der Waals surface area contributed by atoms with E-state index < -0.39 is 56.9 Å². The average molecular weight is 647 g/mol. The number of halogens is 5. The first-order valence-corrected chi connectivity index (χ1v) is 14.7. The minimum atomic E-state index is -4.55. The molecule has 1 aliphatic heterocycles. The Morgan fingerprint density at radius 3 is 2.22 bits per heavy atom. The molecule has 4 aromatic carbocycles. The molecule has 0 aliphatic carbocycles. The highest BCUT2D eigenvalue weighted by molar-refractivity contribution is 7.93. The lowest BCUT2D eigenvalue weighted by atomic mass is 10.0. The third-order valence-electron chi connectivity index (χ3n) is 7.06. The number of hydrogen-bond acceptors (Lipinski definition) is 5. The second kappa shape index (κ2) is 12.2. The number of fused-ring (bicyclic) bond motifs is 1. The molecule has 1 amide bonds. The van der Waals surface area contributed by atoms with Crippen LogP contribution in [0.2, 0.25) is 0 Å². The highest BCUT2D eigenvalue weighted by Crippen LogP contribution is 2.38. The molecule has 1 heterocycles. The van der Waals surface area contributed by atoms with Gasteiger partial charge in [-0.1, -0.05) is 42.5 Å². The summed E-state index contributed by atoms with van der Waals surface area (Å²) in [7, 11) is -4.34. The van der Waals surface area contributed by atoms with Crippen LogP contribution in [0, 0.1) is 11.6 Å². The molecule has 0 radical (unpaired) electrons. The van der Waals surface area contributed by atoms with E-state index in [0.717, 1.165) is 16.4 Å². The van der Waals surface area contributed by atoms with Crippen LogP contribution in [0.3, 0.4) is 0 Å². The predicted octanol–water partition coefficient (Wildman–Crippen LogP) is 5.66. The number of anilines is 1. The molecular weight excluding hydrogens is 623 g/mol. The maximum atomic E-state index is 13.9. The summed E-state index contributed by atoms with van der Waals surface area (Å²) in [5.41, 5.74) is -0.525. The number of nitrogens with one attached hydrogen (secondary N) is 1. The summed E-state index contributed by atoms with van der Waals surface area (Å²) >= 11 is 0. The molecule has 1 atom stereocenters. The number of alkyl halides is 3. The van der Waals surface area contributed by atoms with Crippen LogP contribution in [0.5, 0.6) is 5.75 Å². The van der Waals surface area contributed by atoms with Crippen molar-refractivity contribution in [1.29, 1.82) is 0 Å². The van der Waals surface area contributed by atoms with E-state index in [9.17, 15) is 40.0 Å². The zero-order chi connectivity index (χ0) is 32.5. The van der Waals surface area contributed by atoms with Gasteiger partial charge in [0.05, 0.1) is 22.7 Å². The van der Waals surface area contributed by atoms with Gasteiger partial charge >= 0.3 is 12.1 Å². The van der Waals surface area contributed by atoms with Gasteiger partial charge < -0.3 is 15.2 Å². The Labute approximate surface area is 253 Å². The Balaban J connectivity index is 1.32. The van der Waals surface area contributed by atoms with Crippen molar-refractivity contribution in [2.24, 2.45) is 0 Å². The first kappa shape index (κ1) is 31.4. The molecular formula is C31H23F5N2O6S. The fourth-order valence-corrected chi connectivity index (χ4v) is 6.61. The highest BCUT2D eigenvalue weighted by atomic mass is 32.2. The lowest BCUT2D eigenvalue weighted by Gasteiger charge is -2.26. The van der Waals surface area contributed by atoms with E-state index in [-0.39, 0.29) is 41.5 Å². The maximum Gasteiger partial charge on any atom is 0.416 e. The molecule has 2 N–H and O–H groups in total. The summed E-state index contributed by atoms with van der Waals surface area (Å²) in [6.07, 6.45) is -4.51. The number of carboxylic acids is 1. The van der Waals surface area contributed by atoms with E-state index >= 15 is 0 Å². The summed E-state index contributed by atoms with van der Waals surface area (Å²) in [6, 6.07) is 16.6. The standard InChI is InChI=1S/C31H23F5N2O6S/c32-24-16-22(17-25(33)28(24)30(40)41)44-13-12-37-29(39)27-15-20-4-1-2-7-26(20)38(27)45(42,43)23-10-8-18(9-11-23)19-5-3-6-21(14-19)31(34,35)36/h1-11,14,16-17,27H,12-13,15H2,(H,37,39)(H,40,41)/t27-/m0/s1. The molecule has 0 unspecified atom stereocenters. The zero-order valence-corrected chi connectivity index (χ0v) is 23.8. The quantitative estimate of drug-likeness (QED) is 0.179. The van der Waals surface area contributed by atoms with Gasteiger partial charge in [0.2, 0.25) is 5.91 Å². The SMILES string of the molecule is O=C(O)c1c(F)cc(OCCNC(=O)[C@@H]2Cc3ccccc3N2S(=O)(=O)c2ccc(-c3cccc(C(F)(F)F)c3)cc2)cc1F. The minimum Gasteiger partial charge on any atom is -0.492 e. The van der Waals surface area contributed by atoms with Gasteiger partial charge in [0.25, 0.3) is 10.0 Å². The molecule has 45 heavy (non-hydrogen) atoms. The van der Waals surface area contributed by atoms with E-state index in [1.165, 1.54) is 36.4 Å². The van der Waals surface area contributed by atoms with Gasteiger partial charge in [-0.05, 0) is 47.0 Å². The van der Waals surface area contributed by atoms with Crippen molar-refractivity contribution in [1.82, 2.24) is 5.32 Å². The minimum absolute atomic E-state index is 0.0392. The molecule has 4 aromatic rings. The number of carbonyl (C=O) groups is 2. The van der Waals surface area contributed by atoms with Crippen molar-refractivity contribution < 1.29 is 49.8 Å². The predicted molar refractivity (Wildman–Crippen MR) is 152 cm³/mol. The maximum absolute atomic E-state index is 13.9. The number of aromatic carboxylic acids is 1. The third kappa shape index (κ3) is 6.45. The van der Waals surface area contributed by atoms with Crippen LogP contribution in [0.15, 0.2) is 89.8 Å². The van der Waals surface area contributed by atoms with Gasteiger partial charge in [-0.2, -0.15) is 13.2 Å². The molecule has 0 fully saturated rings. The number of ether oxygens (including phenoxy) is 1. The Bertz CT molecular complexity index is 1860. The van der Waals surface area contributed by atoms with Crippen LogP contribution in [-0.4, -0.2) is 44.6 Å². The van der Waals surface area contributed by atoms with Crippen LogP contribution >= 0.6 is 0 Å². The second-order valence-electron chi connectivity index (χ2n) is 9.96. The summed E-state index contributed by atoms with van der Waals surface area (Å²) < 4.78 is 101. The van der Waals surface area contributed by atoms with E-state index in [0.29, 0.717) is 23.3 Å². The average Bonchev–Trinajstić information content (AvgIpc) is 3.39. The van der Waals surface area contributed by atoms with Crippen molar-refractivity contribution in [3.05, 3.63) is 113 Å². The third-order valence-corrected chi connectivity index (χ3v) is 8.90. The van der Waals surface area contributed by atoms with Crippen molar-refractivity contribution in [2.45, 2.75) is 23.5 Å². The number of nitrogens with zero attached hydrogens (tertiary/aromatic N) is 1. The molecule has 14 heteroatoms. The summed E-state index contributed by atoms with van der Waals surface area (Å²) in [4.78, 5) is 24.0. The first-order valence-electron chi connectivity index (χ1n) is 13.3. The lowest BCUT2D eigenvalue weighted by Crippen LogP contribution is -2.48. The number of carboxylic acid groups (broad SMARTS) is 1. The number of sulfonamides is 1. The molecule has 1 aliphatic rings. The second-order valence-corrected chi connectivity index (χ2v) is 11.8. The normalized spacial score (nSPS) is 14.6. The van der Waals surface area contributed by atoms with E-state index in [2.05, 4.69) is 5.32 Å². The Kier molecular flexibility index (Phi) is 8.52. The van der Waals surface area contributed by atoms with Crippen LogP contribution in [0.4, 0.5) is 27.6 Å².